The van der Waals surface area contributed by atoms with Gasteiger partial charge in [0.25, 0.3) is 0 Å². The first kappa shape index (κ1) is 15.1. The van der Waals surface area contributed by atoms with Gasteiger partial charge in [-0.15, -0.1) is 11.3 Å². The lowest BCUT2D eigenvalue weighted by atomic mass is 10.0. The zero-order chi connectivity index (χ0) is 14.4. The van der Waals surface area contributed by atoms with Crippen molar-refractivity contribution in [1.82, 2.24) is 5.32 Å². The van der Waals surface area contributed by atoms with Gasteiger partial charge >= 0.3 is 0 Å². The van der Waals surface area contributed by atoms with Crippen molar-refractivity contribution in [3.05, 3.63) is 51.7 Å². The van der Waals surface area contributed by atoms with Gasteiger partial charge in [-0.25, -0.2) is 0 Å². The summed E-state index contributed by atoms with van der Waals surface area (Å²) < 4.78 is 5.88. The van der Waals surface area contributed by atoms with Crippen molar-refractivity contribution in [1.29, 1.82) is 0 Å². The van der Waals surface area contributed by atoms with Gasteiger partial charge in [0.2, 0.25) is 0 Å². The van der Waals surface area contributed by atoms with Gasteiger partial charge in [-0.3, -0.25) is 0 Å². The Morgan fingerprint density at radius 3 is 2.65 bits per heavy atom. The molecular weight excluding hydrogens is 266 g/mol. The number of rotatable bonds is 7. The van der Waals surface area contributed by atoms with Crippen LogP contribution in [0.15, 0.2) is 36.4 Å². The van der Waals surface area contributed by atoms with E-state index in [1.165, 1.54) is 15.3 Å². The van der Waals surface area contributed by atoms with Gasteiger partial charge in [0.1, 0.15) is 12.4 Å². The van der Waals surface area contributed by atoms with Crippen LogP contribution in [0.25, 0.3) is 0 Å². The van der Waals surface area contributed by atoms with Crippen LogP contribution in [0, 0.1) is 6.92 Å². The summed E-state index contributed by atoms with van der Waals surface area (Å²) >= 11 is 1.85. The summed E-state index contributed by atoms with van der Waals surface area (Å²) in [5, 5.41) is 3.42. The summed E-state index contributed by atoms with van der Waals surface area (Å²) in [4.78, 5) is 2.74. The molecule has 2 aromatic rings. The molecule has 0 radical (unpaired) electrons. The van der Waals surface area contributed by atoms with Crippen LogP contribution in [0.5, 0.6) is 5.75 Å². The fraction of sp³-hybridized carbons (Fsp3) is 0.412. The molecule has 2 rings (SSSR count). The minimum Gasteiger partial charge on any atom is -0.492 e. The van der Waals surface area contributed by atoms with Gasteiger partial charge in [-0.2, -0.15) is 0 Å². The van der Waals surface area contributed by atoms with E-state index < -0.39 is 0 Å². The minimum absolute atomic E-state index is 0.494. The quantitative estimate of drug-likeness (QED) is 0.765. The van der Waals surface area contributed by atoms with E-state index in [1.54, 1.807) is 0 Å². The highest BCUT2D eigenvalue weighted by Crippen LogP contribution is 2.25. The van der Waals surface area contributed by atoms with E-state index in [0.717, 1.165) is 18.8 Å². The van der Waals surface area contributed by atoms with Gasteiger partial charge < -0.3 is 10.1 Å². The zero-order valence-corrected chi connectivity index (χ0v) is 13.3. The van der Waals surface area contributed by atoms with E-state index in [4.69, 9.17) is 4.74 Å². The molecule has 0 aliphatic rings. The highest BCUT2D eigenvalue weighted by molar-refractivity contribution is 7.11. The second-order valence-corrected chi connectivity index (χ2v) is 6.60. The molecule has 0 saturated carbocycles. The smallest absolute Gasteiger partial charge is 0.122 e. The van der Waals surface area contributed by atoms with Crippen molar-refractivity contribution in [2.75, 3.05) is 13.2 Å². The molecule has 3 heteroatoms. The summed E-state index contributed by atoms with van der Waals surface area (Å²) in [5.41, 5.74) is 1.28. The SMILES string of the molecule is Cc1ccc(CNCCOc2ccccc2C(C)C)s1. The molecule has 0 saturated heterocycles. The largest absolute Gasteiger partial charge is 0.492 e. The molecule has 1 aromatic carbocycles. The van der Waals surface area contributed by atoms with Crippen LogP contribution in [0.3, 0.4) is 0 Å². The minimum atomic E-state index is 0.494. The van der Waals surface area contributed by atoms with Crippen molar-refractivity contribution in [3.63, 3.8) is 0 Å². The number of para-hydroxylation sites is 1. The highest BCUT2D eigenvalue weighted by Gasteiger charge is 2.06. The number of aryl methyl sites for hydroxylation is 1. The molecule has 0 amide bonds. The Balaban J connectivity index is 1.73. The first-order valence-corrected chi connectivity index (χ1v) is 7.96. The lowest BCUT2D eigenvalue weighted by Gasteiger charge is -2.13. The zero-order valence-electron chi connectivity index (χ0n) is 12.5. The average Bonchev–Trinajstić information content (AvgIpc) is 2.84. The number of benzene rings is 1. The first-order chi connectivity index (χ1) is 9.66. The van der Waals surface area contributed by atoms with Gasteiger partial charge in [0, 0.05) is 22.8 Å². The average molecular weight is 289 g/mol. The topological polar surface area (TPSA) is 21.3 Å². The van der Waals surface area contributed by atoms with E-state index in [1.807, 2.05) is 17.4 Å². The Morgan fingerprint density at radius 2 is 1.95 bits per heavy atom. The third-order valence-electron chi connectivity index (χ3n) is 3.17. The van der Waals surface area contributed by atoms with Crippen LogP contribution < -0.4 is 10.1 Å². The van der Waals surface area contributed by atoms with E-state index in [9.17, 15) is 0 Å². The number of hydrogen-bond donors (Lipinski definition) is 1. The lowest BCUT2D eigenvalue weighted by molar-refractivity contribution is 0.309. The van der Waals surface area contributed by atoms with Gasteiger partial charge in [0.05, 0.1) is 0 Å². The standard InChI is InChI=1S/C17H23NOS/c1-13(2)16-6-4-5-7-17(16)19-11-10-18-12-15-9-8-14(3)20-15/h4-9,13,18H,10-12H2,1-3H3. The molecule has 108 valence electrons. The Labute approximate surface area is 125 Å². The van der Waals surface area contributed by atoms with Crippen molar-refractivity contribution in [3.8, 4) is 5.75 Å². The maximum Gasteiger partial charge on any atom is 0.122 e. The van der Waals surface area contributed by atoms with Crippen molar-refractivity contribution in [2.45, 2.75) is 33.2 Å². The van der Waals surface area contributed by atoms with E-state index in [2.05, 4.69) is 56.4 Å². The molecule has 1 N–H and O–H groups in total. The molecule has 0 atom stereocenters. The van der Waals surface area contributed by atoms with Crippen LogP contribution in [0.4, 0.5) is 0 Å². The second-order valence-electron chi connectivity index (χ2n) is 5.23. The van der Waals surface area contributed by atoms with Gasteiger partial charge in [-0.1, -0.05) is 32.0 Å². The van der Waals surface area contributed by atoms with Crippen molar-refractivity contribution >= 4 is 11.3 Å². The van der Waals surface area contributed by atoms with Crippen LogP contribution in [0.1, 0.15) is 35.1 Å². The number of hydrogen-bond acceptors (Lipinski definition) is 3. The van der Waals surface area contributed by atoms with Crippen LogP contribution >= 0.6 is 11.3 Å². The van der Waals surface area contributed by atoms with E-state index in [0.29, 0.717) is 12.5 Å². The predicted octanol–water partition coefficient (Wildman–Crippen LogP) is 4.35. The summed E-state index contributed by atoms with van der Waals surface area (Å²) in [6, 6.07) is 12.6. The van der Waals surface area contributed by atoms with Crippen LogP contribution in [0.2, 0.25) is 0 Å². The lowest BCUT2D eigenvalue weighted by Crippen LogP contribution is -2.20. The van der Waals surface area contributed by atoms with Crippen molar-refractivity contribution in [2.24, 2.45) is 0 Å². The fourth-order valence-corrected chi connectivity index (χ4v) is 2.97. The van der Waals surface area contributed by atoms with Gasteiger partial charge in [0.15, 0.2) is 0 Å². The number of ether oxygens (including phenoxy) is 1. The summed E-state index contributed by atoms with van der Waals surface area (Å²) in [6.07, 6.45) is 0. The van der Waals surface area contributed by atoms with E-state index >= 15 is 0 Å². The molecule has 0 spiro atoms. The van der Waals surface area contributed by atoms with E-state index in [-0.39, 0.29) is 0 Å². The number of nitrogens with one attached hydrogen (secondary N) is 1. The molecule has 2 nitrogen and oxygen atoms in total. The molecule has 20 heavy (non-hydrogen) atoms. The Morgan fingerprint density at radius 1 is 1.15 bits per heavy atom. The third-order valence-corrected chi connectivity index (χ3v) is 4.17. The second kappa shape index (κ2) is 7.46. The molecule has 0 aliphatic carbocycles. The predicted molar refractivity (Wildman–Crippen MR) is 86.8 cm³/mol. The molecule has 0 aliphatic heterocycles. The maximum absolute atomic E-state index is 5.88. The molecule has 1 heterocycles. The third kappa shape index (κ3) is 4.36. The normalized spacial score (nSPS) is 11.0. The number of thiophene rings is 1. The monoisotopic (exact) mass is 289 g/mol. The summed E-state index contributed by atoms with van der Waals surface area (Å²) in [7, 11) is 0. The van der Waals surface area contributed by atoms with Crippen LogP contribution in [-0.2, 0) is 6.54 Å². The van der Waals surface area contributed by atoms with Gasteiger partial charge in [-0.05, 0) is 36.6 Å². The molecule has 0 bridgehead atoms. The van der Waals surface area contributed by atoms with Crippen molar-refractivity contribution < 1.29 is 4.74 Å². The molecule has 0 fully saturated rings. The molecule has 0 unspecified atom stereocenters. The van der Waals surface area contributed by atoms with Crippen LogP contribution in [-0.4, -0.2) is 13.2 Å². The Kier molecular flexibility index (Phi) is 5.62. The Bertz CT molecular complexity index is 533. The summed E-state index contributed by atoms with van der Waals surface area (Å²) in [6.45, 7) is 9.02. The molecular formula is C17H23NOS. The first-order valence-electron chi connectivity index (χ1n) is 7.14. The molecule has 1 aromatic heterocycles. The maximum atomic E-state index is 5.88. The highest BCUT2D eigenvalue weighted by atomic mass is 32.1. The Hall–Kier alpha value is -1.32. The fourth-order valence-electron chi connectivity index (χ4n) is 2.11. The summed E-state index contributed by atoms with van der Waals surface area (Å²) in [5.74, 6) is 1.50.